The van der Waals surface area contributed by atoms with Gasteiger partial charge in [-0.2, -0.15) is 0 Å². The summed E-state index contributed by atoms with van der Waals surface area (Å²) in [7, 11) is 0. The van der Waals surface area contributed by atoms with Crippen molar-refractivity contribution in [3.63, 3.8) is 0 Å². The zero-order chi connectivity index (χ0) is 22.8. The van der Waals surface area contributed by atoms with E-state index in [0.717, 1.165) is 29.8 Å². The first-order valence-electron chi connectivity index (χ1n) is 11.9. The van der Waals surface area contributed by atoms with Crippen LogP contribution in [0.3, 0.4) is 0 Å². The van der Waals surface area contributed by atoms with Crippen LogP contribution in [0.2, 0.25) is 0 Å². The number of amides is 2. The number of nitrogens with one attached hydrogen (secondary N) is 1. The fourth-order valence-electron chi connectivity index (χ4n) is 5.31. The molecule has 0 bridgehead atoms. The Morgan fingerprint density at radius 1 is 1.09 bits per heavy atom. The van der Waals surface area contributed by atoms with Gasteiger partial charge in [0.15, 0.2) is 0 Å². The highest BCUT2D eigenvalue weighted by Crippen LogP contribution is 2.47. The van der Waals surface area contributed by atoms with Gasteiger partial charge in [-0.05, 0) is 37.5 Å². The number of anilines is 1. The molecule has 180 valence electrons. The van der Waals surface area contributed by atoms with Gasteiger partial charge in [0.2, 0.25) is 11.8 Å². The van der Waals surface area contributed by atoms with Crippen LogP contribution in [0.4, 0.5) is 5.69 Å². The van der Waals surface area contributed by atoms with Crippen molar-refractivity contribution in [2.75, 3.05) is 51.4 Å². The minimum absolute atomic E-state index is 0.00618. The summed E-state index contributed by atoms with van der Waals surface area (Å²) in [5, 5.41) is 13.0. The van der Waals surface area contributed by atoms with E-state index >= 15 is 0 Å². The van der Waals surface area contributed by atoms with Crippen LogP contribution in [-0.4, -0.2) is 86.3 Å². The summed E-state index contributed by atoms with van der Waals surface area (Å²) < 4.78 is 22.9. The molecule has 0 radical (unpaired) electrons. The van der Waals surface area contributed by atoms with E-state index in [0.29, 0.717) is 45.9 Å². The summed E-state index contributed by atoms with van der Waals surface area (Å²) in [4.78, 5) is 27.3. The number of hydrogen-bond acceptors (Lipinski definition) is 7. The maximum atomic E-state index is 12.8. The van der Waals surface area contributed by atoms with E-state index in [1.807, 2.05) is 23.1 Å². The van der Waals surface area contributed by atoms with Gasteiger partial charge < -0.3 is 34.3 Å². The smallest absolute Gasteiger partial charge is 0.227 e. The van der Waals surface area contributed by atoms with Crippen molar-refractivity contribution in [1.82, 2.24) is 4.90 Å². The lowest BCUT2D eigenvalue weighted by molar-refractivity contribution is -0.151. The quantitative estimate of drug-likeness (QED) is 0.682. The molecule has 3 fully saturated rings. The molecule has 0 aromatic heterocycles. The third-order valence-electron chi connectivity index (χ3n) is 7.13. The predicted octanol–water partition coefficient (Wildman–Crippen LogP) is 1.29. The van der Waals surface area contributed by atoms with Gasteiger partial charge in [-0.15, -0.1) is 0 Å². The van der Waals surface area contributed by atoms with E-state index in [2.05, 4.69) is 5.32 Å². The minimum Gasteiger partial charge on any atom is -0.487 e. The molecular formula is C24H32N2O7. The molecule has 5 rings (SSSR count). The Hall–Kier alpha value is -2.20. The molecule has 9 nitrogen and oxygen atoms in total. The first kappa shape index (κ1) is 22.6. The first-order valence-corrected chi connectivity index (χ1v) is 11.9. The lowest BCUT2D eigenvalue weighted by atomic mass is 9.84. The number of aliphatic hydroxyl groups is 1. The molecule has 2 amide bonds. The molecule has 4 aliphatic heterocycles. The van der Waals surface area contributed by atoms with E-state index < -0.39 is 6.10 Å². The number of fused-ring (bicyclic) bond motifs is 3. The zero-order valence-corrected chi connectivity index (χ0v) is 18.7. The van der Waals surface area contributed by atoms with Gasteiger partial charge >= 0.3 is 0 Å². The van der Waals surface area contributed by atoms with E-state index in [-0.39, 0.29) is 48.9 Å². The van der Waals surface area contributed by atoms with Crippen LogP contribution in [0.5, 0.6) is 5.75 Å². The predicted molar refractivity (Wildman–Crippen MR) is 118 cm³/mol. The summed E-state index contributed by atoms with van der Waals surface area (Å²) in [6, 6.07) is 5.69. The second kappa shape index (κ2) is 9.97. The summed E-state index contributed by atoms with van der Waals surface area (Å²) in [6.45, 7) is 3.38. The maximum absolute atomic E-state index is 12.8. The van der Waals surface area contributed by atoms with Gasteiger partial charge in [-0.1, -0.05) is 0 Å². The number of carbonyl (C=O) groups excluding carboxylic acids is 2. The lowest BCUT2D eigenvalue weighted by Gasteiger charge is -2.38. The number of carbonyl (C=O) groups is 2. The SMILES string of the molecule is O=C(Nc1ccc2c(c1)[C@H]1C[C@@H](CC(=O)N3CCOCC3)O[C@@H](CO)[C@H]1O2)C1CCOCC1. The van der Waals surface area contributed by atoms with Crippen molar-refractivity contribution in [1.29, 1.82) is 0 Å². The third-order valence-corrected chi connectivity index (χ3v) is 7.13. The molecule has 0 aliphatic carbocycles. The second-order valence-corrected chi connectivity index (χ2v) is 9.23. The Morgan fingerprint density at radius 3 is 2.61 bits per heavy atom. The van der Waals surface area contributed by atoms with Crippen LogP contribution in [-0.2, 0) is 23.8 Å². The normalized spacial score (nSPS) is 29.7. The highest BCUT2D eigenvalue weighted by molar-refractivity contribution is 5.92. The Balaban J connectivity index is 1.28. The summed E-state index contributed by atoms with van der Waals surface area (Å²) >= 11 is 0. The molecule has 1 aromatic rings. The Labute approximate surface area is 193 Å². The Kier molecular flexibility index (Phi) is 6.82. The monoisotopic (exact) mass is 460 g/mol. The van der Waals surface area contributed by atoms with E-state index in [1.165, 1.54) is 0 Å². The van der Waals surface area contributed by atoms with Crippen LogP contribution in [0.25, 0.3) is 0 Å². The number of hydrogen-bond donors (Lipinski definition) is 2. The largest absolute Gasteiger partial charge is 0.487 e. The van der Waals surface area contributed by atoms with Crippen molar-refractivity contribution in [3.05, 3.63) is 23.8 Å². The summed E-state index contributed by atoms with van der Waals surface area (Å²) in [6.07, 6.45) is 1.27. The van der Waals surface area contributed by atoms with Crippen LogP contribution in [0.1, 0.15) is 37.2 Å². The van der Waals surface area contributed by atoms with Crippen LogP contribution < -0.4 is 10.1 Å². The van der Waals surface area contributed by atoms with Crippen molar-refractivity contribution in [2.45, 2.75) is 49.9 Å². The van der Waals surface area contributed by atoms with Gasteiger partial charge in [-0.25, -0.2) is 0 Å². The average molecular weight is 461 g/mol. The summed E-state index contributed by atoms with van der Waals surface area (Å²) in [5.41, 5.74) is 1.73. The number of ether oxygens (including phenoxy) is 4. The zero-order valence-electron chi connectivity index (χ0n) is 18.7. The number of benzene rings is 1. The molecule has 0 spiro atoms. The van der Waals surface area contributed by atoms with Crippen LogP contribution in [0, 0.1) is 5.92 Å². The van der Waals surface area contributed by atoms with E-state index in [4.69, 9.17) is 18.9 Å². The highest BCUT2D eigenvalue weighted by atomic mass is 16.6. The van der Waals surface area contributed by atoms with Gasteiger partial charge in [0.1, 0.15) is 18.0 Å². The lowest BCUT2D eigenvalue weighted by Crippen LogP contribution is -2.48. The molecule has 33 heavy (non-hydrogen) atoms. The number of rotatable bonds is 5. The molecular weight excluding hydrogens is 428 g/mol. The number of morpholine rings is 1. The van der Waals surface area contributed by atoms with Gasteiger partial charge in [0.05, 0.1) is 32.3 Å². The molecule has 4 heterocycles. The maximum Gasteiger partial charge on any atom is 0.227 e. The van der Waals surface area contributed by atoms with Crippen molar-refractivity contribution >= 4 is 17.5 Å². The van der Waals surface area contributed by atoms with Crippen LogP contribution >= 0.6 is 0 Å². The molecule has 1 aromatic carbocycles. The molecule has 2 N–H and O–H groups in total. The van der Waals surface area contributed by atoms with Gasteiger partial charge in [0.25, 0.3) is 0 Å². The van der Waals surface area contributed by atoms with Crippen molar-refractivity contribution in [3.8, 4) is 5.75 Å². The average Bonchev–Trinajstić information content (AvgIpc) is 3.22. The standard InChI is InChI=1S/C24H32N2O7/c27-14-21-23-19(12-17(32-21)13-22(28)26-5-9-31-10-6-26)18-11-16(1-2-20(18)33-23)25-24(29)15-3-7-30-8-4-15/h1-2,11,15,17,19,21,23,27H,3-10,12-14H2,(H,25,29)/t17-,19+,21-,23-/m0/s1. The van der Waals surface area contributed by atoms with Crippen molar-refractivity contribution in [2.24, 2.45) is 5.92 Å². The molecule has 0 saturated carbocycles. The first-order chi connectivity index (χ1) is 16.1. The van der Waals surface area contributed by atoms with E-state index in [1.54, 1.807) is 0 Å². The van der Waals surface area contributed by atoms with Crippen molar-refractivity contribution < 1.29 is 33.6 Å². The molecule has 9 heteroatoms. The topological polar surface area (TPSA) is 107 Å². The van der Waals surface area contributed by atoms with Gasteiger partial charge in [0, 0.05) is 49.4 Å². The van der Waals surface area contributed by atoms with Gasteiger partial charge in [-0.3, -0.25) is 9.59 Å². The van der Waals surface area contributed by atoms with E-state index in [9.17, 15) is 14.7 Å². The Morgan fingerprint density at radius 2 is 1.85 bits per heavy atom. The molecule has 3 saturated heterocycles. The minimum atomic E-state index is -0.501. The Bertz CT molecular complexity index is 866. The number of nitrogens with zero attached hydrogens (tertiary/aromatic N) is 1. The molecule has 4 aliphatic rings. The van der Waals surface area contributed by atoms with Crippen LogP contribution in [0.15, 0.2) is 18.2 Å². The summed E-state index contributed by atoms with van der Waals surface area (Å²) in [5.74, 6) is 0.774. The fourth-order valence-corrected chi connectivity index (χ4v) is 5.31. The second-order valence-electron chi connectivity index (χ2n) is 9.23. The molecule has 4 atom stereocenters. The highest BCUT2D eigenvalue weighted by Gasteiger charge is 2.46. The number of aliphatic hydroxyl groups excluding tert-OH is 1. The fraction of sp³-hybridized carbons (Fsp3) is 0.667. The molecule has 0 unspecified atom stereocenters. The third kappa shape index (κ3) is 4.87.